The number of ether oxygens (including phenoxy) is 1. The van der Waals surface area contributed by atoms with Crippen molar-refractivity contribution < 1.29 is 4.74 Å². The number of aromatic nitrogens is 2. The van der Waals surface area contributed by atoms with E-state index < -0.39 is 0 Å². The smallest absolute Gasteiger partial charge is 0.262 e. The van der Waals surface area contributed by atoms with Crippen LogP contribution in [-0.2, 0) is 19.4 Å². The first kappa shape index (κ1) is 16.6. The molecule has 0 fully saturated rings. The zero-order valence-electron chi connectivity index (χ0n) is 13.8. The van der Waals surface area contributed by atoms with Crippen LogP contribution in [-0.4, -0.2) is 16.2 Å². The van der Waals surface area contributed by atoms with Crippen LogP contribution in [0.15, 0.2) is 35.4 Å². The predicted octanol–water partition coefficient (Wildman–Crippen LogP) is 4.46. The van der Waals surface area contributed by atoms with Gasteiger partial charge in [-0.3, -0.25) is 9.36 Å². The van der Waals surface area contributed by atoms with Gasteiger partial charge in [0, 0.05) is 16.4 Å². The average molecular weight is 375 g/mol. The summed E-state index contributed by atoms with van der Waals surface area (Å²) in [4.78, 5) is 19.6. The summed E-state index contributed by atoms with van der Waals surface area (Å²) in [5.74, 6) is 0.789. The van der Waals surface area contributed by atoms with Crippen molar-refractivity contribution in [2.24, 2.45) is 0 Å². The van der Waals surface area contributed by atoms with Crippen LogP contribution in [0.5, 0.6) is 5.75 Å². The van der Waals surface area contributed by atoms with Crippen molar-refractivity contribution in [3.63, 3.8) is 0 Å². The third kappa shape index (κ3) is 3.44. The lowest BCUT2D eigenvalue weighted by Gasteiger charge is -2.11. The molecule has 0 N–H and O–H groups in total. The molecule has 0 aliphatic heterocycles. The zero-order valence-corrected chi connectivity index (χ0v) is 15.4. The van der Waals surface area contributed by atoms with Crippen molar-refractivity contribution in [3.05, 3.63) is 56.4 Å². The van der Waals surface area contributed by atoms with Gasteiger partial charge in [0.05, 0.1) is 18.3 Å². The molecule has 1 aliphatic carbocycles. The molecule has 0 atom stereocenters. The summed E-state index contributed by atoms with van der Waals surface area (Å²) in [6.07, 6.45) is 6.91. The molecule has 2 aromatic heterocycles. The second-order valence-corrected chi connectivity index (χ2v) is 7.81. The Morgan fingerprint density at radius 3 is 2.84 bits per heavy atom. The van der Waals surface area contributed by atoms with Gasteiger partial charge in [-0.2, -0.15) is 0 Å². The van der Waals surface area contributed by atoms with E-state index in [2.05, 4.69) is 4.98 Å². The van der Waals surface area contributed by atoms with E-state index >= 15 is 0 Å². The Morgan fingerprint density at radius 2 is 2.00 bits per heavy atom. The summed E-state index contributed by atoms with van der Waals surface area (Å²) in [5.41, 5.74) is 1.34. The van der Waals surface area contributed by atoms with Crippen molar-refractivity contribution in [1.29, 1.82) is 0 Å². The van der Waals surface area contributed by atoms with E-state index in [0.29, 0.717) is 18.2 Å². The van der Waals surface area contributed by atoms with Crippen molar-refractivity contribution in [3.8, 4) is 5.75 Å². The third-order valence-electron chi connectivity index (χ3n) is 4.57. The van der Waals surface area contributed by atoms with E-state index in [1.807, 2.05) is 12.1 Å². The van der Waals surface area contributed by atoms with E-state index in [9.17, 15) is 4.79 Å². The Labute approximate surface area is 155 Å². The summed E-state index contributed by atoms with van der Waals surface area (Å²) < 4.78 is 7.41. The van der Waals surface area contributed by atoms with Gasteiger partial charge in [0.25, 0.3) is 5.56 Å². The quantitative estimate of drug-likeness (QED) is 0.619. The van der Waals surface area contributed by atoms with Gasteiger partial charge in [-0.15, -0.1) is 11.3 Å². The van der Waals surface area contributed by atoms with Crippen LogP contribution < -0.4 is 10.3 Å². The van der Waals surface area contributed by atoms with Gasteiger partial charge in [-0.05, 0) is 61.9 Å². The number of rotatable bonds is 5. The maximum absolute atomic E-state index is 12.8. The molecular formula is C19H19ClN2O2S. The predicted molar refractivity (Wildman–Crippen MR) is 102 cm³/mol. The third-order valence-corrected chi connectivity index (χ3v) is 6.02. The molecule has 0 saturated heterocycles. The first-order chi connectivity index (χ1) is 12.2. The lowest BCUT2D eigenvalue weighted by atomic mass is 9.97. The van der Waals surface area contributed by atoms with E-state index in [1.165, 1.54) is 23.3 Å². The van der Waals surface area contributed by atoms with Gasteiger partial charge in [0.15, 0.2) is 0 Å². The molecule has 0 unspecified atom stereocenters. The topological polar surface area (TPSA) is 44.1 Å². The van der Waals surface area contributed by atoms with Crippen LogP contribution in [0.4, 0.5) is 0 Å². The first-order valence-electron chi connectivity index (χ1n) is 8.60. The van der Waals surface area contributed by atoms with Crippen molar-refractivity contribution in [1.82, 2.24) is 9.55 Å². The van der Waals surface area contributed by atoms with Crippen LogP contribution in [0.25, 0.3) is 10.2 Å². The van der Waals surface area contributed by atoms with Gasteiger partial charge >= 0.3 is 0 Å². The van der Waals surface area contributed by atoms with E-state index in [1.54, 1.807) is 34.4 Å². The van der Waals surface area contributed by atoms with Crippen molar-refractivity contribution in [2.45, 2.75) is 38.6 Å². The van der Waals surface area contributed by atoms with Crippen LogP contribution in [0, 0.1) is 0 Å². The average Bonchev–Trinajstić information content (AvgIpc) is 3.01. The highest BCUT2D eigenvalue weighted by Gasteiger charge is 2.19. The number of aryl methyl sites for hydroxylation is 3. The summed E-state index contributed by atoms with van der Waals surface area (Å²) in [6, 6.07) is 7.30. The molecule has 2 heterocycles. The summed E-state index contributed by atoms with van der Waals surface area (Å²) >= 11 is 7.55. The Kier molecular flexibility index (Phi) is 4.77. The van der Waals surface area contributed by atoms with Crippen LogP contribution in [0.2, 0.25) is 5.02 Å². The standard InChI is InChI=1S/C19H19ClN2O2S/c20-13-6-8-14(9-7-13)24-11-3-10-22-12-21-18-17(19(22)23)15-4-1-2-5-16(15)25-18/h6-9,12H,1-5,10-11H2. The van der Waals surface area contributed by atoms with E-state index in [4.69, 9.17) is 16.3 Å². The molecule has 3 aromatic rings. The first-order valence-corrected chi connectivity index (χ1v) is 9.80. The molecule has 6 heteroatoms. The second kappa shape index (κ2) is 7.18. The molecule has 25 heavy (non-hydrogen) atoms. The maximum Gasteiger partial charge on any atom is 0.262 e. The Morgan fingerprint density at radius 1 is 1.20 bits per heavy atom. The van der Waals surface area contributed by atoms with Crippen LogP contribution >= 0.6 is 22.9 Å². The minimum Gasteiger partial charge on any atom is -0.494 e. The van der Waals surface area contributed by atoms with Gasteiger partial charge in [0.2, 0.25) is 0 Å². The van der Waals surface area contributed by atoms with Gasteiger partial charge < -0.3 is 4.74 Å². The molecule has 4 rings (SSSR count). The highest BCUT2D eigenvalue weighted by molar-refractivity contribution is 7.18. The number of hydrogen-bond acceptors (Lipinski definition) is 4. The molecule has 0 bridgehead atoms. The van der Waals surface area contributed by atoms with Gasteiger partial charge in [-0.1, -0.05) is 11.6 Å². The Balaban J connectivity index is 1.45. The lowest BCUT2D eigenvalue weighted by Crippen LogP contribution is -2.22. The fourth-order valence-electron chi connectivity index (χ4n) is 3.30. The minimum absolute atomic E-state index is 0.0934. The molecule has 4 nitrogen and oxygen atoms in total. The Hall–Kier alpha value is -1.85. The zero-order chi connectivity index (χ0) is 17.2. The largest absolute Gasteiger partial charge is 0.494 e. The van der Waals surface area contributed by atoms with Gasteiger partial charge in [-0.25, -0.2) is 4.98 Å². The number of nitrogens with zero attached hydrogens (tertiary/aromatic N) is 2. The number of benzene rings is 1. The summed E-state index contributed by atoms with van der Waals surface area (Å²) in [7, 11) is 0. The molecule has 0 radical (unpaired) electrons. The van der Waals surface area contributed by atoms with Crippen LogP contribution in [0.3, 0.4) is 0 Å². The highest BCUT2D eigenvalue weighted by Crippen LogP contribution is 2.33. The van der Waals surface area contributed by atoms with E-state index in [-0.39, 0.29) is 5.56 Å². The molecule has 0 saturated carbocycles. The number of thiophene rings is 1. The SMILES string of the molecule is O=c1c2c3c(sc2ncn1CCCOc1ccc(Cl)cc1)CCCC3. The molecule has 0 amide bonds. The number of halogens is 1. The second-order valence-electron chi connectivity index (χ2n) is 6.29. The van der Waals surface area contributed by atoms with Crippen LogP contribution in [0.1, 0.15) is 29.7 Å². The number of fused-ring (bicyclic) bond motifs is 3. The minimum atomic E-state index is 0.0934. The normalized spacial score (nSPS) is 13.8. The van der Waals surface area contributed by atoms with E-state index in [0.717, 1.165) is 35.2 Å². The molecule has 1 aliphatic rings. The summed E-state index contributed by atoms with van der Waals surface area (Å²) in [6.45, 7) is 1.16. The monoisotopic (exact) mass is 374 g/mol. The van der Waals surface area contributed by atoms with Crippen molar-refractivity contribution in [2.75, 3.05) is 6.61 Å². The highest BCUT2D eigenvalue weighted by atomic mass is 35.5. The fourth-order valence-corrected chi connectivity index (χ4v) is 4.64. The fraction of sp³-hybridized carbons (Fsp3) is 0.368. The molecule has 0 spiro atoms. The number of hydrogen-bond donors (Lipinski definition) is 0. The van der Waals surface area contributed by atoms with Gasteiger partial charge in [0.1, 0.15) is 10.6 Å². The molecule has 1 aromatic carbocycles. The molecular weight excluding hydrogens is 356 g/mol. The Bertz CT molecular complexity index is 946. The molecule has 130 valence electrons. The van der Waals surface area contributed by atoms with Crippen molar-refractivity contribution >= 4 is 33.2 Å². The maximum atomic E-state index is 12.8. The lowest BCUT2D eigenvalue weighted by molar-refractivity contribution is 0.301. The summed E-state index contributed by atoms with van der Waals surface area (Å²) in [5, 5.41) is 1.54.